The number of hydrogen-bond acceptors (Lipinski definition) is 6. The van der Waals surface area contributed by atoms with Gasteiger partial charge in [0.2, 0.25) is 0 Å². The molecule has 1 aromatic carbocycles. The van der Waals surface area contributed by atoms with E-state index in [1.54, 1.807) is 6.92 Å². The van der Waals surface area contributed by atoms with Gasteiger partial charge in [0, 0.05) is 11.1 Å². The van der Waals surface area contributed by atoms with E-state index in [2.05, 4.69) is 5.16 Å². The predicted octanol–water partition coefficient (Wildman–Crippen LogP) is 0.591. The van der Waals surface area contributed by atoms with Gasteiger partial charge >= 0.3 is 6.47 Å². The van der Waals surface area contributed by atoms with Crippen LogP contribution in [0.1, 0.15) is 18.1 Å². The zero-order valence-corrected chi connectivity index (χ0v) is 10.7. The number of nitrogens with two attached hydrogens (primary N) is 1. The highest BCUT2D eigenvalue weighted by molar-refractivity contribution is 5.97. The summed E-state index contributed by atoms with van der Waals surface area (Å²) < 4.78 is 19.6. The van der Waals surface area contributed by atoms with Crippen LogP contribution in [0.2, 0.25) is 0 Å². The van der Waals surface area contributed by atoms with Crippen LogP contribution in [-0.2, 0) is 16.2 Å². The van der Waals surface area contributed by atoms with Crippen molar-refractivity contribution in [2.45, 2.75) is 19.5 Å². The molecule has 0 aliphatic carbocycles. The Bertz CT molecular complexity index is 550. The molecule has 108 valence electrons. The minimum absolute atomic E-state index is 0.0531. The molecule has 0 aromatic heterocycles. The predicted molar refractivity (Wildman–Crippen MR) is 66.6 cm³/mol. The van der Waals surface area contributed by atoms with E-state index in [4.69, 9.17) is 20.5 Å². The van der Waals surface area contributed by atoms with Crippen LogP contribution < -0.4 is 10.5 Å². The molecule has 0 fully saturated rings. The zero-order chi connectivity index (χ0) is 14.7. The first-order valence-corrected chi connectivity index (χ1v) is 5.87. The van der Waals surface area contributed by atoms with Gasteiger partial charge in [-0.25, -0.2) is 4.39 Å². The second kappa shape index (κ2) is 5.74. The Balaban J connectivity index is 2.41. The molecular formula is C12H14FN3O4. The molecule has 0 radical (unpaired) electrons. The SMILES string of the molecule is C[C@H]1COc2cc(C(N)=NO)cc(F)c2CN1OC=O. The number of rotatable bonds is 3. The van der Waals surface area contributed by atoms with Gasteiger partial charge in [-0.1, -0.05) is 5.16 Å². The first-order valence-electron chi connectivity index (χ1n) is 5.87. The number of hydrogen-bond donors (Lipinski definition) is 2. The number of carbonyl (C=O) groups is 1. The van der Waals surface area contributed by atoms with Crippen LogP contribution in [0.15, 0.2) is 17.3 Å². The topological polar surface area (TPSA) is 97.4 Å². The molecule has 1 aromatic rings. The van der Waals surface area contributed by atoms with E-state index in [1.807, 2.05) is 0 Å². The van der Waals surface area contributed by atoms with Crippen molar-refractivity contribution in [2.24, 2.45) is 10.9 Å². The molecule has 0 saturated carbocycles. The maximum Gasteiger partial charge on any atom is 0.313 e. The Morgan fingerprint density at radius 3 is 3.10 bits per heavy atom. The quantitative estimate of drug-likeness (QED) is 0.277. The molecule has 0 bridgehead atoms. The third-order valence-corrected chi connectivity index (χ3v) is 3.02. The maximum absolute atomic E-state index is 14.1. The summed E-state index contributed by atoms with van der Waals surface area (Å²) in [5.74, 6) is -0.526. The summed E-state index contributed by atoms with van der Waals surface area (Å²) in [6.07, 6.45) is 0. The zero-order valence-electron chi connectivity index (χ0n) is 10.7. The number of amidine groups is 1. The number of hydroxylamine groups is 2. The number of oxime groups is 1. The van der Waals surface area contributed by atoms with E-state index >= 15 is 0 Å². The van der Waals surface area contributed by atoms with Crippen LogP contribution in [0, 0.1) is 5.82 Å². The number of nitrogens with zero attached hydrogens (tertiary/aromatic N) is 2. The van der Waals surface area contributed by atoms with Crippen LogP contribution in [-0.4, -0.2) is 35.2 Å². The highest BCUT2D eigenvalue weighted by atomic mass is 19.1. The average molecular weight is 283 g/mol. The lowest BCUT2D eigenvalue weighted by molar-refractivity contribution is -0.189. The van der Waals surface area contributed by atoms with Crippen molar-refractivity contribution < 1.29 is 24.0 Å². The molecule has 8 heteroatoms. The lowest BCUT2D eigenvalue weighted by Gasteiger charge is -2.21. The highest BCUT2D eigenvalue weighted by Crippen LogP contribution is 2.29. The molecule has 20 heavy (non-hydrogen) atoms. The van der Waals surface area contributed by atoms with Gasteiger partial charge in [0.25, 0.3) is 0 Å². The van der Waals surface area contributed by atoms with E-state index in [9.17, 15) is 9.18 Å². The summed E-state index contributed by atoms with van der Waals surface area (Å²) in [7, 11) is 0. The summed E-state index contributed by atoms with van der Waals surface area (Å²) in [5.41, 5.74) is 5.88. The van der Waals surface area contributed by atoms with Crippen molar-refractivity contribution >= 4 is 12.3 Å². The van der Waals surface area contributed by atoms with E-state index in [0.717, 1.165) is 6.07 Å². The molecule has 1 atom stereocenters. The molecule has 0 spiro atoms. The number of ether oxygens (including phenoxy) is 1. The van der Waals surface area contributed by atoms with Gasteiger partial charge in [-0.05, 0) is 19.1 Å². The Labute approximate surface area is 114 Å². The maximum atomic E-state index is 14.1. The minimum Gasteiger partial charge on any atom is -0.491 e. The Morgan fingerprint density at radius 2 is 2.45 bits per heavy atom. The number of carbonyl (C=O) groups excluding carboxylic acids is 1. The largest absolute Gasteiger partial charge is 0.491 e. The molecular weight excluding hydrogens is 269 g/mol. The smallest absolute Gasteiger partial charge is 0.313 e. The normalized spacial score (nSPS) is 19.7. The lowest BCUT2D eigenvalue weighted by Crippen LogP contribution is -2.34. The van der Waals surface area contributed by atoms with Crippen molar-refractivity contribution in [3.8, 4) is 5.75 Å². The van der Waals surface area contributed by atoms with Gasteiger partial charge < -0.3 is 20.5 Å². The van der Waals surface area contributed by atoms with Gasteiger partial charge in [-0.3, -0.25) is 4.79 Å². The highest BCUT2D eigenvalue weighted by Gasteiger charge is 2.26. The summed E-state index contributed by atoms with van der Waals surface area (Å²) >= 11 is 0. The molecule has 0 saturated heterocycles. The molecule has 3 N–H and O–H groups in total. The van der Waals surface area contributed by atoms with Crippen LogP contribution in [0.4, 0.5) is 4.39 Å². The van der Waals surface area contributed by atoms with Crippen LogP contribution in [0.25, 0.3) is 0 Å². The first-order chi connectivity index (χ1) is 9.56. The fraction of sp³-hybridized carbons (Fsp3) is 0.333. The summed E-state index contributed by atoms with van der Waals surface area (Å²) in [6.45, 7) is 2.32. The van der Waals surface area contributed by atoms with Gasteiger partial charge in [-0.2, -0.15) is 0 Å². The molecule has 7 nitrogen and oxygen atoms in total. The summed E-state index contributed by atoms with van der Waals surface area (Å²) in [4.78, 5) is 15.3. The van der Waals surface area contributed by atoms with Crippen molar-refractivity contribution in [1.29, 1.82) is 0 Å². The first kappa shape index (κ1) is 14.1. The van der Waals surface area contributed by atoms with Gasteiger partial charge in [-0.15, -0.1) is 5.06 Å². The van der Waals surface area contributed by atoms with Crippen LogP contribution in [0.3, 0.4) is 0 Å². The minimum atomic E-state index is -0.585. The number of halogens is 1. The Kier molecular flexibility index (Phi) is 4.04. The van der Waals surface area contributed by atoms with E-state index in [1.165, 1.54) is 11.1 Å². The van der Waals surface area contributed by atoms with Crippen molar-refractivity contribution in [3.05, 3.63) is 29.1 Å². The summed E-state index contributed by atoms with van der Waals surface area (Å²) in [5, 5.41) is 12.8. The van der Waals surface area contributed by atoms with Gasteiger partial charge in [0.1, 0.15) is 18.2 Å². The lowest BCUT2D eigenvalue weighted by atomic mass is 10.1. The van der Waals surface area contributed by atoms with Crippen LogP contribution >= 0.6 is 0 Å². The van der Waals surface area contributed by atoms with E-state index < -0.39 is 5.82 Å². The Morgan fingerprint density at radius 1 is 1.70 bits per heavy atom. The van der Waals surface area contributed by atoms with Crippen molar-refractivity contribution in [2.75, 3.05) is 6.61 Å². The summed E-state index contributed by atoms with van der Waals surface area (Å²) in [6, 6.07) is 2.37. The number of fused-ring (bicyclic) bond motifs is 1. The monoisotopic (exact) mass is 283 g/mol. The van der Waals surface area contributed by atoms with Gasteiger partial charge in [0.05, 0.1) is 12.6 Å². The molecule has 0 unspecified atom stereocenters. The third kappa shape index (κ3) is 2.64. The average Bonchev–Trinajstić information content (AvgIpc) is 2.59. The molecule has 1 heterocycles. The van der Waals surface area contributed by atoms with Crippen LogP contribution in [0.5, 0.6) is 5.75 Å². The standard InChI is InChI=1S/C12H14FN3O4/c1-7-5-19-11-3-8(12(14)15-18)2-10(13)9(11)4-16(7)20-6-17/h2-3,6-7,18H,4-5H2,1H3,(H2,14,15)/t7-/m0/s1. The van der Waals surface area contributed by atoms with Crippen molar-refractivity contribution in [1.82, 2.24) is 5.06 Å². The number of benzene rings is 1. The second-order valence-electron chi connectivity index (χ2n) is 4.36. The van der Waals surface area contributed by atoms with Gasteiger partial charge in [0.15, 0.2) is 5.84 Å². The Hall–Kier alpha value is -2.35. The van der Waals surface area contributed by atoms with E-state index in [-0.39, 0.29) is 48.4 Å². The molecule has 0 amide bonds. The molecule has 1 aliphatic rings. The fourth-order valence-electron chi connectivity index (χ4n) is 1.90. The third-order valence-electron chi connectivity index (χ3n) is 3.02. The molecule has 1 aliphatic heterocycles. The second-order valence-corrected chi connectivity index (χ2v) is 4.36. The van der Waals surface area contributed by atoms with Crippen molar-refractivity contribution in [3.63, 3.8) is 0 Å². The van der Waals surface area contributed by atoms with E-state index in [0.29, 0.717) is 0 Å². The fourth-order valence-corrected chi connectivity index (χ4v) is 1.90. The molecule has 2 rings (SSSR count).